The highest BCUT2D eigenvalue weighted by atomic mass is 35.5. The molecule has 0 heterocycles. The van der Waals surface area contributed by atoms with E-state index in [-0.39, 0.29) is 16.5 Å². The van der Waals surface area contributed by atoms with Gasteiger partial charge in [-0.25, -0.2) is 4.79 Å². The van der Waals surface area contributed by atoms with Crippen molar-refractivity contribution in [1.82, 2.24) is 5.32 Å². The molecule has 9 heteroatoms. The van der Waals surface area contributed by atoms with E-state index in [4.69, 9.17) is 23.2 Å². The molecule has 176 valence electrons. The molecule has 0 spiro atoms. The number of hydrogen-bond acceptors (Lipinski definition) is 3. The number of para-hydroxylation sites is 1. The number of rotatable bonds is 7. The number of halogens is 2. The van der Waals surface area contributed by atoms with Crippen LogP contribution in [0.5, 0.6) is 0 Å². The average Bonchev–Trinajstić information content (AvgIpc) is 2.77. The van der Waals surface area contributed by atoms with Crippen LogP contribution < -0.4 is 21.3 Å². The van der Waals surface area contributed by atoms with E-state index in [0.29, 0.717) is 22.1 Å². The van der Waals surface area contributed by atoms with Crippen LogP contribution >= 0.6 is 23.2 Å². The second-order valence-electron chi connectivity index (χ2n) is 7.83. The van der Waals surface area contributed by atoms with Crippen LogP contribution in [0.25, 0.3) is 0 Å². The quantitative estimate of drug-likeness (QED) is 0.319. The standard InChI is InChI=1S/C25H24Cl2N4O3/c1-15(2)22(31-23(32)20-12-11-16(26)13-21(20)27)24(33)28-18-9-6-10-19(14-18)30-25(34)29-17-7-4-3-5-8-17/h3-15,22H,1-2H3,(H,28,33)(H,31,32)(H2,29,30,34). The molecule has 3 aromatic carbocycles. The third-order valence-electron chi connectivity index (χ3n) is 4.83. The molecule has 0 bridgehead atoms. The summed E-state index contributed by atoms with van der Waals surface area (Å²) in [6.07, 6.45) is 0. The van der Waals surface area contributed by atoms with Crippen molar-refractivity contribution >= 4 is 58.1 Å². The number of carbonyl (C=O) groups is 3. The van der Waals surface area contributed by atoms with E-state index in [1.807, 2.05) is 32.0 Å². The van der Waals surface area contributed by atoms with Gasteiger partial charge in [-0.2, -0.15) is 0 Å². The van der Waals surface area contributed by atoms with Crippen molar-refractivity contribution in [3.63, 3.8) is 0 Å². The van der Waals surface area contributed by atoms with Crippen molar-refractivity contribution in [2.45, 2.75) is 19.9 Å². The molecule has 0 aromatic heterocycles. The topological polar surface area (TPSA) is 99.3 Å². The summed E-state index contributed by atoms with van der Waals surface area (Å²) < 4.78 is 0. The third kappa shape index (κ3) is 6.97. The number of urea groups is 1. The van der Waals surface area contributed by atoms with Gasteiger partial charge in [-0.3, -0.25) is 9.59 Å². The van der Waals surface area contributed by atoms with Gasteiger partial charge in [0.05, 0.1) is 10.6 Å². The smallest absolute Gasteiger partial charge is 0.323 e. The Kier molecular flexibility index (Phi) is 8.51. The molecule has 0 fully saturated rings. The Bertz CT molecular complexity index is 1190. The van der Waals surface area contributed by atoms with Gasteiger partial charge in [0.25, 0.3) is 5.91 Å². The summed E-state index contributed by atoms with van der Waals surface area (Å²) in [4.78, 5) is 37.9. The third-order valence-corrected chi connectivity index (χ3v) is 5.38. The maximum absolute atomic E-state index is 13.0. The Balaban J connectivity index is 1.65. The molecule has 3 rings (SSSR count). The molecular formula is C25H24Cl2N4O3. The molecule has 0 saturated carbocycles. The van der Waals surface area contributed by atoms with E-state index >= 15 is 0 Å². The Morgan fingerprint density at radius 1 is 0.735 bits per heavy atom. The number of carbonyl (C=O) groups excluding carboxylic acids is 3. The predicted molar refractivity (Wildman–Crippen MR) is 137 cm³/mol. The number of amides is 4. The summed E-state index contributed by atoms with van der Waals surface area (Å²) in [6.45, 7) is 3.64. The molecule has 4 N–H and O–H groups in total. The number of nitrogens with one attached hydrogen (secondary N) is 4. The Hall–Kier alpha value is -3.55. The first-order valence-corrected chi connectivity index (χ1v) is 11.3. The van der Waals surface area contributed by atoms with Crippen molar-refractivity contribution in [3.05, 3.63) is 88.4 Å². The molecule has 0 aliphatic rings. The summed E-state index contributed by atoms with van der Waals surface area (Å²) in [5.74, 6) is -1.09. The number of anilines is 3. The minimum Gasteiger partial charge on any atom is -0.340 e. The maximum atomic E-state index is 13.0. The summed E-state index contributed by atoms with van der Waals surface area (Å²) in [5.41, 5.74) is 1.83. The second-order valence-corrected chi connectivity index (χ2v) is 8.68. The van der Waals surface area contributed by atoms with Crippen LogP contribution in [0.1, 0.15) is 24.2 Å². The minimum atomic E-state index is -0.822. The highest BCUT2D eigenvalue weighted by Gasteiger charge is 2.25. The second kappa shape index (κ2) is 11.5. The molecular weight excluding hydrogens is 475 g/mol. The predicted octanol–water partition coefficient (Wildman–Crippen LogP) is 6.03. The molecule has 0 radical (unpaired) electrons. The summed E-state index contributed by atoms with van der Waals surface area (Å²) in [5, 5.41) is 11.6. The normalized spacial score (nSPS) is 11.4. The summed E-state index contributed by atoms with van der Waals surface area (Å²) >= 11 is 12.0. The van der Waals surface area contributed by atoms with Gasteiger partial charge < -0.3 is 21.3 Å². The Morgan fingerprint density at radius 2 is 1.35 bits per heavy atom. The zero-order valence-electron chi connectivity index (χ0n) is 18.6. The van der Waals surface area contributed by atoms with Crippen molar-refractivity contribution in [3.8, 4) is 0 Å². The minimum absolute atomic E-state index is 0.195. The van der Waals surface area contributed by atoms with Gasteiger partial charge in [0.2, 0.25) is 5.91 Å². The van der Waals surface area contributed by atoms with E-state index in [0.717, 1.165) is 0 Å². The van der Waals surface area contributed by atoms with Crippen LogP contribution in [0.2, 0.25) is 10.0 Å². The maximum Gasteiger partial charge on any atom is 0.323 e. The van der Waals surface area contributed by atoms with Gasteiger partial charge in [-0.15, -0.1) is 0 Å². The van der Waals surface area contributed by atoms with Crippen molar-refractivity contribution < 1.29 is 14.4 Å². The zero-order valence-corrected chi connectivity index (χ0v) is 20.1. The van der Waals surface area contributed by atoms with E-state index < -0.39 is 23.9 Å². The molecule has 0 saturated heterocycles. The average molecular weight is 499 g/mol. The van der Waals surface area contributed by atoms with E-state index in [1.165, 1.54) is 12.1 Å². The van der Waals surface area contributed by atoms with Crippen LogP contribution in [0.4, 0.5) is 21.9 Å². The lowest BCUT2D eigenvalue weighted by molar-refractivity contribution is -0.118. The first-order chi connectivity index (χ1) is 16.2. The number of hydrogen-bond donors (Lipinski definition) is 4. The molecule has 1 atom stereocenters. The van der Waals surface area contributed by atoms with E-state index in [2.05, 4.69) is 21.3 Å². The van der Waals surface area contributed by atoms with E-state index in [1.54, 1.807) is 42.5 Å². The Morgan fingerprint density at radius 3 is 2.00 bits per heavy atom. The van der Waals surface area contributed by atoms with E-state index in [9.17, 15) is 14.4 Å². The van der Waals surface area contributed by atoms with Crippen LogP contribution in [-0.2, 0) is 4.79 Å². The fraction of sp³-hybridized carbons (Fsp3) is 0.160. The van der Waals surface area contributed by atoms with Gasteiger partial charge in [0, 0.05) is 22.1 Å². The van der Waals surface area contributed by atoms with Gasteiger partial charge in [-0.1, -0.05) is 61.3 Å². The first kappa shape index (κ1) is 25.1. The lowest BCUT2D eigenvalue weighted by atomic mass is 10.0. The lowest BCUT2D eigenvalue weighted by Gasteiger charge is -2.22. The van der Waals surface area contributed by atoms with Crippen molar-refractivity contribution in [2.75, 3.05) is 16.0 Å². The molecule has 4 amide bonds. The highest BCUT2D eigenvalue weighted by molar-refractivity contribution is 6.36. The van der Waals surface area contributed by atoms with Gasteiger partial charge in [0.15, 0.2) is 0 Å². The number of benzene rings is 3. The molecule has 0 aliphatic heterocycles. The SMILES string of the molecule is CC(C)C(NC(=O)c1ccc(Cl)cc1Cl)C(=O)Nc1cccc(NC(=O)Nc2ccccc2)c1. The largest absolute Gasteiger partial charge is 0.340 e. The fourth-order valence-electron chi connectivity index (χ4n) is 3.14. The molecule has 34 heavy (non-hydrogen) atoms. The fourth-order valence-corrected chi connectivity index (χ4v) is 3.63. The van der Waals surface area contributed by atoms with Crippen LogP contribution in [-0.4, -0.2) is 23.9 Å². The summed E-state index contributed by atoms with van der Waals surface area (Å²) in [7, 11) is 0. The van der Waals surface area contributed by atoms with Crippen molar-refractivity contribution in [1.29, 1.82) is 0 Å². The van der Waals surface area contributed by atoms with Gasteiger partial charge >= 0.3 is 6.03 Å². The van der Waals surface area contributed by atoms with Crippen LogP contribution in [0.15, 0.2) is 72.8 Å². The van der Waals surface area contributed by atoms with Gasteiger partial charge in [0.1, 0.15) is 6.04 Å². The van der Waals surface area contributed by atoms with Gasteiger partial charge in [-0.05, 0) is 54.4 Å². The molecule has 0 aliphatic carbocycles. The van der Waals surface area contributed by atoms with Crippen molar-refractivity contribution in [2.24, 2.45) is 5.92 Å². The summed E-state index contributed by atoms with van der Waals surface area (Å²) in [6, 6.07) is 19.0. The first-order valence-electron chi connectivity index (χ1n) is 10.5. The van der Waals surface area contributed by atoms with Crippen LogP contribution in [0, 0.1) is 5.92 Å². The highest BCUT2D eigenvalue weighted by Crippen LogP contribution is 2.22. The monoisotopic (exact) mass is 498 g/mol. The lowest BCUT2D eigenvalue weighted by Crippen LogP contribution is -2.47. The molecule has 3 aromatic rings. The van der Waals surface area contributed by atoms with Crippen LogP contribution in [0.3, 0.4) is 0 Å². The molecule has 7 nitrogen and oxygen atoms in total. The zero-order chi connectivity index (χ0) is 24.7. The Labute approximate surface area is 207 Å². The molecule has 1 unspecified atom stereocenters.